The van der Waals surface area contributed by atoms with Crippen LogP contribution in [0.4, 0.5) is 0 Å². The minimum Gasteiger partial charge on any atom is -0.293 e. The zero-order chi connectivity index (χ0) is 49.1. The van der Waals surface area contributed by atoms with E-state index in [1.165, 1.54) is 172 Å². The third kappa shape index (κ3) is 4.03. The van der Waals surface area contributed by atoms with Crippen molar-refractivity contribution in [3.8, 4) is 27.9 Å². The van der Waals surface area contributed by atoms with Crippen LogP contribution >= 0.6 is 0 Å². The average Bonchev–Trinajstić information content (AvgIpc) is 4.34. The van der Waals surface area contributed by atoms with Gasteiger partial charge < -0.3 is 0 Å². The molecule has 75 heavy (non-hydrogen) atoms. The molecular weight excluding hydrogens is 904 g/mol. The van der Waals surface area contributed by atoms with Crippen molar-refractivity contribution in [2.75, 3.05) is 0 Å². The minimum absolute atomic E-state index is 0.0320. The summed E-state index contributed by atoms with van der Waals surface area (Å²) < 4.78 is 8.48. The molecule has 2 spiro atoms. The third-order valence-electron chi connectivity index (χ3n) is 19.7. The first-order valence-corrected chi connectivity index (χ1v) is 26.9. The Balaban J connectivity index is 1.17. The second-order valence-electron chi connectivity index (χ2n) is 22.7. The Morgan fingerprint density at radius 2 is 0.613 bits per heavy atom. The van der Waals surface area contributed by atoms with Crippen molar-refractivity contribution in [3.63, 3.8) is 0 Å². The quantitative estimate of drug-likeness (QED) is 0.153. The van der Waals surface area contributed by atoms with Crippen LogP contribution in [0, 0.1) is 27.7 Å². The number of hydrogen-bond acceptors (Lipinski definition) is 0. The largest absolute Gasteiger partial charge is 0.293 e. The highest BCUT2D eigenvalue weighted by atomic mass is 15.2. The van der Waals surface area contributed by atoms with Crippen LogP contribution in [0.1, 0.15) is 66.8 Å². The molecule has 0 radical (unpaired) electrons. The van der Waals surface area contributed by atoms with E-state index < -0.39 is 10.8 Å². The van der Waals surface area contributed by atoms with Gasteiger partial charge in [0.1, 0.15) is 11.3 Å². The fourth-order valence-corrected chi connectivity index (χ4v) is 17.4. The number of aryl methyl sites for hydroxylation is 4. The van der Waals surface area contributed by atoms with Gasteiger partial charge >= 0.3 is 0 Å². The molecule has 0 fully saturated rings. The van der Waals surface area contributed by atoms with Crippen LogP contribution < -0.4 is 32.8 Å². The van der Waals surface area contributed by atoms with Crippen molar-refractivity contribution in [1.82, 2.24) is 13.4 Å². The summed E-state index contributed by atoms with van der Waals surface area (Å²) in [4.78, 5) is 0. The van der Waals surface area contributed by atoms with Gasteiger partial charge in [-0.25, -0.2) is 0 Å². The highest BCUT2D eigenvalue weighted by molar-refractivity contribution is 7.03. The van der Waals surface area contributed by atoms with Gasteiger partial charge in [-0.15, -0.1) is 0 Å². The molecule has 0 saturated carbocycles. The van der Waals surface area contributed by atoms with Gasteiger partial charge in [0, 0.05) is 5.69 Å². The molecule has 10 aromatic carbocycles. The molecule has 0 atom stereocenters. The summed E-state index contributed by atoms with van der Waals surface area (Å²) in [6.45, 7) is 9.33. The van der Waals surface area contributed by atoms with E-state index >= 15 is 0 Å². The number of aromatic nitrogens is 3. The lowest BCUT2D eigenvalue weighted by atomic mass is 9.30. The van der Waals surface area contributed by atoms with E-state index in [1.54, 1.807) is 0 Å². The normalized spacial score (nSPS) is 15.4. The van der Waals surface area contributed by atoms with Crippen LogP contribution in [0.25, 0.3) is 72.1 Å². The number of para-hydroxylation sites is 3. The van der Waals surface area contributed by atoms with Crippen molar-refractivity contribution < 1.29 is 0 Å². The Labute approximate surface area is 434 Å². The molecule has 0 amide bonds. The molecule has 0 saturated heterocycles. The van der Waals surface area contributed by atoms with E-state index in [-0.39, 0.29) is 13.4 Å². The van der Waals surface area contributed by atoms with E-state index in [9.17, 15) is 0 Å². The predicted octanol–water partition coefficient (Wildman–Crippen LogP) is 11.3. The van der Waals surface area contributed by atoms with Gasteiger partial charge in [0.05, 0.1) is 32.9 Å². The average molecular weight is 950 g/mol. The summed E-state index contributed by atoms with van der Waals surface area (Å²) >= 11 is 0. The zero-order valence-corrected chi connectivity index (χ0v) is 42.0. The standard InChI is InChI=1S/C70H45B2N3/c1-38-18-13-19-39(2)58(38)71-56-34-17-35-57-66(56)75-67-60(71)46-26-15-32-52-62(46)73(67)64-54(69(52)48-28-9-5-22-42(48)43-23-6-10-29-49(43)69)36-37-55-65(64)74-63-47(61(68(74)75)72(57)59-40(3)20-14-21-41(59)4)27-16-33-53(63)70(55)50-30-11-7-24-44(50)45-25-8-12-31-51(45)70/h5-37H,1-4H3. The molecule has 19 rings (SSSR count). The zero-order valence-electron chi connectivity index (χ0n) is 42.0. The van der Waals surface area contributed by atoms with Gasteiger partial charge in [0.2, 0.25) is 13.4 Å². The molecule has 3 aromatic heterocycles. The summed E-state index contributed by atoms with van der Waals surface area (Å²) in [5.74, 6) is 0. The number of nitrogens with zero attached hydrogens (tertiary/aromatic N) is 3. The molecule has 0 N–H and O–H groups in total. The van der Waals surface area contributed by atoms with E-state index in [4.69, 9.17) is 0 Å². The first-order valence-electron chi connectivity index (χ1n) is 26.9. The lowest BCUT2D eigenvalue weighted by molar-refractivity contribution is 0.750. The number of rotatable bonds is 2. The Hall–Kier alpha value is -8.79. The van der Waals surface area contributed by atoms with Gasteiger partial charge in [-0.05, 0) is 127 Å². The molecule has 0 unspecified atom stereocenters. The molecule has 4 aliphatic heterocycles. The van der Waals surface area contributed by atoms with E-state index in [0.717, 1.165) is 0 Å². The van der Waals surface area contributed by atoms with Crippen LogP contribution in [0.3, 0.4) is 0 Å². The third-order valence-corrected chi connectivity index (χ3v) is 19.7. The molecule has 0 bridgehead atoms. The van der Waals surface area contributed by atoms with Crippen LogP contribution in [0.5, 0.6) is 0 Å². The maximum Gasteiger partial charge on any atom is 0.250 e. The molecule has 6 aliphatic rings. The van der Waals surface area contributed by atoms with Crippen LogP contribution in [0.15, 0.2) is 200 Å². The summed E-state index contributed by atoms with van der Waals surface area (Å²) in [6, 6.07) is 78.6. The van der Waals surface area contributed by atoms with Crippen molar-refractivity contribution in [1.29, 1.82) is 0 Å². The second kappa shape index (κ2) is 12.9. The van der Waals surface area contributed by atoms with Gasteiger partial charge in [-0.2, -0.15) is 0 Å². The summed E-state index contributed by atoms with van der Waals surface area (Å²) in [6.07, 6.45) is 0. The summed E-state index contributed by atoms with van der Waals surface area (Å²) in [5, 5.41) is 2.67. The Morgan fingerprint density at radius 3 is 1.00 bits per heavy atom. The monoisotopic (exact) mass is 949 g/mol. The van der Waals surface area contributed by atoms with Crippen LogP contribution in [-0.2, 0) is 10.8 Å². The maximum absolute atomic E-state index is 2.83. The Kier molecular flexibility index (Phi) is 6.84. The fourth-order valence-electron chi connectivity index (χ4n) is 17.4. The van der Waals surface area contributed by atoms with E-state index in [2.05, 4.69) is 241 Å². The van der Waals surface area contributed by atoms with Gasteiger partial charge in [0.15, 0.2) is 0 Å². The van der Waals surface area contributed by atoms with Gasteiger partial charge in [-0.1, -0.05) is 233 Å². The van der Waals surface area contributed by atoms with E-state index in [0.29, 0.717) is 0 Å². The molecule has 5 heteroatoms. The summed E-state index contributed by atoms with van der Waals surface area (Å²) in [7, 11) is 0. The van der Waals surface area contributed by atoms with Crippen molar-refractivity contribution in [2.24, 2.45) is 0 Å². The molecule has 13 aromatic rings. The lowest BCUT2D eigenvalue weighted by Gasteiger charge is -2.41. The fraction of sp³-hybridized carbons (Fsp3) is 0.0857. The highest BCUT2D eigenvalue weighted by Crippen LogP contribution is 2.64. The van der Waals surface area contributed by atoms with E-state index in [1.807, 2.05) is 0 Å². The number of benzene rings is 10. The minimum atomic E-state index is -0.610. The van der Waals surface area contributed by atoms with Crippen molar-refractivity contribution in [3.05, 3.63) is 267 Å². The first-order chi connectivity index (χ1) is 37.0. The predicted molar refractivity (Wildman–Crippen MR) is 312 cm³/mol. The van der Waals surface area contributed by atoms with Crippen LogP contribution in [-0.4, -0.2) is 26.8 Å². The highest BCUT2D eigenvalue weighted by Gasteiger charge is 2.56. The SMILES string of the molecule is Cc1cccc(C)c1B1c2cccc3c2-n2c4c1c1cccc5c1n4c1c(ccc4c1n1c6c(cccc6c(c21)B3c1c(C)cccc1C)C41c2ccccc2-c2ccccc21)C51c2ccccc2-c2ccccc21. The van der Waals surface area contributed by atoms with Crippen LogP contribution in [0.2, 0.25) is 0 Å². The van der Waals surface area contributed by atoms with Crippen molar-refractivity contribution in [2.45, 2.75) is 38.5 Å². The van der Waals surface area contributed by atoms with Gasteiger partial charge in [-0.3, -0.25) is 13.4 Å². The molecule has 2 aliphatic carbocycles. The topological polar surface area (TPSA) is 13.8 Å². The molecule has 3 nitrogen and oxygen atoms in total. The molecule has 346 valence electrons. The maximum atomic E-state index is 2.83. The second-order valence-corrected chi connectivity index (χ2v) is 22.7. The first kappa shape index (κ1) is 39.7. The molecular formula is C70H45B2N3. The number of hydrogen-bond donors (Lipinski definition) is 0. The Morgan fingerprint density at radius 1 is 0.293 bits per heavy atom. The van der Waals surface area contributed by atoms with Crippen molar-refractivity contribution >= 4 is 90.3 Å². The van der Waals surface area contributed by atoms with Gasteiger partial charge in [0.25, 0.3) is 0 Å². The summed E-state index contributed by atoms with van der Waals surface area (Å²) in [5.41, 5.74) is 37.8. The number of fused-ring (bicyclic) bond motifs is 16. The lowest BCUT2D eigenvalue weighted by Crippen LogP contribution is -2.64. The smallest absolute Gasteiger partial charge is 0.250 e. The molecule has 7 heterocycles. The Bertz CT molecular complexity index is 4540.